The van der Waals surface area contributed by atoms with E-state index in [1.807, 2.05) is 25.1 Å². The number of aryl methyl sites for hydroxylation is 1. The molecule has 1 atom stereocenters. The van der Waals surface area contributed by atoms with E-state index in [1.54, 1.807) is 0 Å². The fourth-order valence-electron chi connectivity index (χ4n) is 1.27. The van der Waals surface area contributed by atoms with Crippen molar-refractivity contribution in [3.8, 4) is 0 Å². The largest absolute Gasteiger partial charge is 0.123 e. The maximum Gasteiger partial charge on any atom is 0.0437 e. The van der Waals surface area contributed by atoms with Crippen molar-refractivity contribution in [2.75, 3.05) is 0 Å². The zero-order chi connectivity index (χ0) is 9.68. The lowest BCUT2D eigenvalue weighted by Crippen LogP contribution is -1.93. The number of benzene rings is 1. The van der Waals surface area contributed by atoms with E-state index in [1.165, 1.54) is 5.56 Å². The van der Waals surface area contributed by atoms with Gasteiger partial charge < -0.3 is 0 Å². The number of hydrogen-bond donors (Lipinski definition) is 0. The normalized spacial score (nSPS) is 12.8. The van der Waals surface area contributed by atoms with E-state index in [-0.39, 0.29) is 5.38 Å². The van der Waals surface area contributed by atoms with Crippen molar-refractivity contribution >= 4 is 23.2 Å². The van der Waals surface area contributed by atoms with Crippen LogP contribution < -0.4 is 0 Å². The molecule has 0 fully saturated rings. The number of rotatable bonds is 4. The molecular formula is C11H14Cl2. The van der Waals surface area contributed by atoms with Gasteiger partial charge in [0.1, 0.15) is 0 Å². The molecule has 13 heavy (non-hydrogen) atoms. The molecule has 0 spiro atoms. The number of halogens is 2. The molecule has 1 rings (SSSR count). The predicted molar refractivity (Wildman–Crippen MR) is 59.7 cm³/mol. The maximum atomic E-state index is 6.01. The minimum absolute atomic E-state index is 0.266. The first-order chi connectivity index (χ1) is 6.20. The van der Waals surface area contributed by atoms with Crippen molar-refractivity contribution in [3.63, 3.8) is 0 Å². The summed E-state index contributed by atoms with van der Waals surface area (Å²) >= 11 is 11.9. The van der Waals surface area contributed by atoms with Crippen LogP contribution in [0, 0.1) is 0 Å². The van der Waals surface area contributed by atoms with Crippen LogP contribution in [-0.4, -0.2) is 5.38 Å². The van der Waals surface area contributed by atoms with Gasteiger partial charge in [0, 0.05) is 10.4 Å². The Hall–Kier alpha value is -0.200. The van der Waals surface area contributed by atoms with Crippen molar-refractivity contribution in [1.82, 2.24) is 0 Å². The van der Waals surface area contributed by atoms with E-state index >= 15 is 0 Å². The Balaban J connectivity index is 2.41. The topological polar surface area (TPSA) is 0 Å². The highest BCUT2D eigenvalue weighted by atomic mass is 35.5. The van der Waals surface area contributed by atoms with Crippen molar-refractivity contribution in [2.45, 2.75) is 31.6 Å². The molecule has 1 unspecified atom stereocenters. The van der Waals surface area contributed by atoms with Crippen LogP contribution in [-0.2, 0) is 6.42 Å². The standard InChI is InChI=1S/C11H14Cl2/c1-9(12)5-4-7-10-6-2-3-8-11(10)13/h2-3,6,8-9H,4-5,7H2,1H3. The molecular weight excluding hydrogens is 203 g/mol. The average Bonchev–Trinajstić information content (AvgIpc) is 2.08. The third-order valence-corrected chi connectivity index (χ3v) is 2.59. The van der Waals surface area contributed by atoms with E-state index < -0.39 is 0 Å². The van der Waals surface area contributed by atoms with Crippen LogP contribution in [0.5, 0.6) is 0 Å². The molecule has 72 valence electrons. The van der Waals surface area contributed by atoms with Crippen LogP contribution in [0.1, 0.15) is 25.3 Å². The van der Waals surface area contributed by atoms with Gasteiger partial charge in [0.15, 0.2) is 0 Å². The van der Waals surface area contributed by atoms with Crippen molar-refractivity contribution < 1.29 is 0 Å². The Kier molecular flexibility index (Phi) is 4.61. The van der Waals surface area contributed by atoms with Crippen molar-refractivity contribution in [2.24, 2.45) is 0 Å². The Morgan fingerprint density at radius 2 is 2.00 bits per heavy atom. The average molecular weight is 217 g/mol. The molecule has 1 aromatic rings. The zero-order valence-electron chi connectivity index (χ0n) is 7.76. The SMILES string of the molecule is CC(Cl)CCCc1ccccc1Cl. The van der Waals surface area contributed by atoms with Gasteiger partial charge in [0.2, 0.25) is 0 Å². The van der Waals surface area contributed by atoms with Gasteiger partial charge in [-0.3, -0.25) is 0 Å². The quantitative estimate of drug-likeness (QED) is 0.660. The lowest BCUT2D eigenvalue weighted by molar-refractivity contribution is 0.724. The molecule has 0 nitrogen and oxygen atoms in total. The predicted octanol–water partition coefficient (Wildman–Crippen LogP) is 4.29. The second-order valence-electron chi connectivity index (χ2n) is 3.26. The fourth-order valence-corrected chi connectivity index (χ4v) is 1.66. The first kappa shape index (κ1) is 10.9. The van der Waals surface area contributed by atoms with Crippen LogP contribution in [0.4, 0.5) is 0 Å². The summed E-state index contributed by atoms with van der Waals surface area (Å²) in [5.74, 6) is 0. The lowest BCUT2D eigenvalue weighted by Gasteiger charge is -2.04. The van der Waals surface area contributed by atoms with Crippen LogP contribution in [0.3, 0.4) is 0 Å². The van der Waals surface area contributed by atoms with Gasteiger partial charge in [-0.15, -0.1) is 11.6 Å². The molecule has 0 amide bonds. The van der Waals surface area contributed by atoms with Crippen LogP contribution in [0.15, 0.2) is 24.3 Å². The monoisotopic (exact) mass is 216 g/mol. The van der Waals surface area contributed by atoms with Crippen LogP contribution >= 0.6 is 23.2 Å². The second kappa shape index (κ2) is 5.51. The number of alkyl halides is 1. The van der Waals surface area contributed by atoms with Crippen molar-refractivity contribution in [1.29, 1.82) is 0 Å². The summed E-state index contributed by atoms with van der Waals surface area (Å²) in [5, 5.41) is 1.13. The minimum Gasteiger partial charge on any atom is -0.123 e. The van der Waals surface area contributed by atoms with Gasteiger partial charge in [-0.2, -0.15) is 0 Å². The second-order valence-corrected chi connectivity index (χ2v) is 4.42. The first-order valence-corrected chi connectivity index (χ1v) is 5.39. The molecule has 0 aliphatic rings. The molecule has 0 aliphatic carbocycles. The molecule has 0 aromatic heterocycles. The summed E-state index contributed by atoms with van der Waals surface area (Å²) in [6.07, 6.45) is 3.18. The molecule has 0 saturated carbocycles. The summed E-state index contributed by atoms with van der Waals surface area (Å²) in [7, 11) is 0. The molecule has 0 radical (unpaired) electrons. The Labute approximate surface area is 89.9 Å². The zero-order valence-corrected chi connectivity index (χ0v) is 9.28. The maximum absolute atomic E-state index is 6.01. The van der Waals surface area contributed by atoms with Crippen molar-refractivity contribution in [3.05, 3.63) is 34.9 Å². The summed E-state index contributed by atoms with van der Waals surface area (Å²) < 4.78 is 0. The summed E-state index contributed by atoms with van der Waals surface area (Å²) in [4.78, 5) is 0. The van der Waals surface area contributed by atoms with Gasteiger partial charge >= 0.3 is 0 Å². The number of hydrogen-bond acceptors (Lipinski definition) is 0. The molecule has 0 N–H and O–H groups in total. The smallest absolute Gasteiger partial charge is 0.0437 e. The van der Waals surface area contributed by atoms with Gasteiger partial charge in [-0.05, 0) is 37.8 Å². The van der Waals surface area contributed by atoms with Gasteiger partial charge in [-0.1, -0.05) is 29.8 Å². The van der Waals surface area contributed by atoms with E-state index in [9.17, 15) is 0 Å². The van der Waals surface area contributed by atoms with Gasteiger partial charge in [0.25, 0.3) is 0 Å². The highest BCUT2D eigenvalue weighted by Crippen LogP contribution is 2.18. The van der Waals surface area contributed by atoms with E-state index in [2.05, 4.69) is 6.07 Å². The highest BCUT2D eigenvalue weighted by molar-refractivity contribution is 6.31. The third-order valence-electron chi connectivity index (χ3n) is 2.01. The minimum atomic E-state index is 0.266. The van der Waals surface area contributed by atoms with Crippen LogP contribution in [0.2, 0.25) is 5.02 Å². The highest BCUT2D eigenvalue weighted by Gasteiger charge is 2.00. The molecule has 0 saturated heterocycles. The van der Waals surface area contributed by atoms with E-state index in [4.69, 9.17) is 23.2 Å². The molecule has 2 heteroatoms. The first-order valence-electron chi connectivity index (χ1n) is 4.57. The molecule has 0 bridgehead atoms. The van der Waals surface area contributed by atoms with Crippen LogP contribution in [0.25, 0.3) is 0 Å². The Morgan fingerprint density at radius 1 is 1.31 bits per heavy atom. The Bertz CT molecular complexity index is 256. The Morgan fingerprint density at radius 3 is 2.62 bits per heavy atom. The summed E-state index contributed by atoms with van der Waals surface area (Å²) in [6, 6.07) is 7.98. The third kappa shape index (κ3) is 4.02. The summed E-state index contributed by atoms with van der Waals surface area (Å²) in [5.41, 5.74) is 1.22. The van der Waals surface area contributed by atoms with Gasteiger partial charge in [0.05, 0.1) is 0 Å². The molecule has 0 heterocycles. The van der Waals surface area contributed by atoms with Gasteiger partial charge in [-0.25, -0.2) is 0 Å². The van der Waals surface area contributed by atoms with E-state index in [0.717, 1.165) is 24.3 Å². The summed E-state index contributed by atoms with van der Waals surface area (Å²) in [6.45, 7) is 2.02. The van der Waals surface area contributed by atoms with E-state index in [0.29, 0.717) is 0 Å². The fraction of sp³-hybridized carbons (Fsp3) is 0.455. The molecule has 0 aliphatic heterocycles. The molecule has 1 aromatic carbocycles. The lowest BCUT2D eigenvalue weighted by atomic mass is 10.1.